The maximum atomic E-state index is 11.9. The third-order valence-corrected chi connectivity index (χ3v) is 3.19. The predicted octanol–water partition coefficient (Wildman–Crippen LogP) is 4.01. The van der Waals surface area contributed by atoms with E-state index in [1.807, 2.05) is 6.07 Å². The summed E-state index contributed by atoms with van der Waals surface area (Å²) >= 11 is 6.02. The molecule has 2 aromatic heterocycles. The van der Waals surface area contributed by atoms with Crippen LogP contribution < -0.4 is 5.32 Å². The molecule has 2 heterocycles. The molecule has 6 heteroatoms. The molecule has 1 aromatic carbocycles. The number of rotatable bonds is 3. The highest BCUT2D eigenvalue weighted by atomic mass is 35.5. The number of hydrogen-bond acceptors (Lipinski definition) is 5. The largest absolute Gasteiger partial charge is 0.463 e. The van der Waals surface area contributed by atoms with Gasteiger partial charge in [0.1, 0.15) is 11.3 Å². The summed E-state index contributed by atoms with van der Waals surface area (Å²) in [4.78, 5) is 15.9. The van der Waals surface area contributed by atoms with Gasteiger partial charge in [-0.15, -0.1) is 0 Å². The maximum absolute atomic E-state index is 11.9. The van der Waals surface area contributed by atoms with Crippen LogP contribution in [0.1, 0.15) is 10.6 Å². The van der Waals surface area contributed by atoms with Crippen LogP contribution in [0.3, 0.4) is 0 Å². The Morgan fingerprint density at radius 3 is 2.95 bits per heavy atom. The van der Waals surface area contributed by atoms with Crippen molar-refractivity contribution in [2.24, 2.45) is 0 Å². The van der Waals surface area contributed by atoms with Crippen LogP contribution in [0.5, 0.6) is 0 Å². The monoisotopic (exact) mass is 302 g/mol. The lowest BCUT2D eigenvalue weighted by molar-refractivity contribution is 0.0569. The number of halogens is 1. The maximum Gasteiger partial charge on any atom is 0.376 e. The van der Waals surface area contributed by atoms with Gasteiger partial charge < -0.3 is 14.5 Å². The van der Waals surface area contributed by atoms with Crippen molar-refractivity contribution < 1.29 is 13.9 Å². The first kappa shape index (κ1) is 13.5. The van der Waals surface area contributed by atoms with Crippen LogP contribution in [0, 0.1) is 0 Å². The molecule has 5 nitrogen and oxygen atoms in total. The van der Waals surface area contributed by atoms with Crippen molar-refractivity contribution in [1.29, 1.82) is 0 Å². The van der Waals surface area contributed by atoms with Crippen LogP contribution in [-0.4, -0.2) is 18.1 Å². The summed E-state index contributed by atoms with van der Waals surface area (Å²) in [6, 6.07) is 8.75. The number of carbonyl (C=O) groups excluding carboxylic acids is 1. The minimum Gasteiger partial charge on any atom is -0.463 e. The summed E-state index contributed by atoms with van der Waals surface area (Å²) in [7, 11) is 1.30. The third kappa shape index (κ3) is 2.55. The van der Waals surface area contributed by atoms with E-state index in [4.69, 9.17) is 20.8 Å². The number of ether oxygens (including phenoxy) is 1. The number of nitrogens with zero attached hydrogens (tertiary/aromatic N) is 1. The van der Waals surface area contributed by atoms with E-state index in [-0.39, 0.29) is 5.76 Å². The minimum atomic E-state index is -0.561. The summed E-state index contributed by atoms with van der Waals surface area (Å²) in [5.41, 5.74) is 1.78. The van der Waals surface area contributed by atoms with Crippen molar-refractivity contribution in [3.63, 3.8) is 0 Å². The Bertz CT molecular complexity index is 799. The molecule has 0 bridgehead atoms. The van der Waals surface area contributed by atoms with Crippen LogP contribution in [0.4, 0.5) is 11.4 Å². The van der Waals surface area contributed by atoms with E-state index in [0.717, 1.165) is 5.69 Å². The van der Waals surface area contributed by atoms with Crippen LogP contribution in [0.2, 0.25) is 5.02 Å². The van der Waals surface area contributed by atoms with Gasteiger partial charge in [0, 0.05) is 16.6 Å². The first-order chi connectivity index (χ1) is 10.2. The second-order valence-electron chi connectivity index (χ2n) is 4.30. The third-order valence-electron chi connectivity index (χ3n) is 2.95. The van der Waals surface area contributed by atoms with Gasteiger partial charge in [0.05, 0.1) is 19.0 Å². The minimum absolute atomic E-state index is 0.0959. The van der Waals surface area contributed by atoms with Crippen molar-refractivity contribution in [2.75, 3.05) is 12.4 Å². The fourth-order valence-corrected chi connectivity index (χ4v) is 2.18. The fraction of sp³-hybridized carbons (Fsp3) is 0.0667. The molecular formula is C15H11ClN2O3. The average Bonchev–Trinajstić information content (AvgIpc) is 2.86. The van der Waals surface area contributed by atoms with Gasteiger partial charge >= 0.3 is 5.97 Å². The second-order valence-corrected chi connectivity index (χ2v) is 4.74. The normalized spacial score (nSPS) is 10.6. The Hall–Kier alpha value is -2.53. The Kier molecular flexibility index (Phi) is 3.50. The molecule has 0 saturated carbocycles. The van der Waals surface area contributed by atoms with Crippen molar-refractivity contribution in [3.05, 3.63) is 53.5 Å². The number of benzene rings is 1. The summed E-state index contributed by atoms with van der Waals surface area (Å²) in [5, 5.41) is 4.37. The molecule has 21 heavy (non-hydrogen) atoms. The summed E-state index contributed by atoms with van der Waals surface area (Å²) in [5.74, 6) is -0.465. The molecule has 0 spiro atoms. The van der Waals surface area contributed by atoms with E-state index in [0.29, 0.717) is 21.7 Å². The quantitative estimate of drug-likeness (QED) is 0.740. The van der Waals surface area contributed by atoms with Gasteiger partial charge in [0.2, 0.25) is 5.76 Å². The second kappa shape index (κ2) is 5.46. The lowest BCUT2D eigenvalue weighted by Crippen LogP contribution is -2.03. The molecule has 3 rings (SSSR count). The molecular weight excluding hydrogens is 292 g/mol. The Labute approximate surface area is 125 Å². The lowest BCUT2D eigenvalue weighted by atomic mass is 10.2. The van der Waals surface area contributed by atoms with Crippen LogP contribution in [0.15, 0.2) is 47.1 Å². The van der Waals surface area contributed by atoms with Crippen molar-refractivity contribution in [3.8, 4) is 0 Å². The Morgan fingerprint density at radius 1 is 1.38 bits per heavy atom. The first-order valence-corrected chi connectivity index (χ1v) is 6.54. The zero-order chi connectivity index (χ0) is 14.8. The number of carbonyl (C=O) groups is 1. The van der Waals surface area contributed by atoms with E-state index < -0.39 is 5.97 Å². The van der Waals surface area contributed by atoms with Gasteiger partial charge in [-0.05, 0) is 30.3 Å². The number of pyridine rings is 1. The Morgan fingerprint density at radius 2 is 2.24 bits per heavy atom. The predicted molar refractivity (Wildman–Crippen MR) is 80.1 cm³/mol. The molecule has 0 aliphatic heterocycles. The number of hydrogen-bond donors (Lipinski definition) is 1. The van der Waals surface area contributed by atoms with E-state index in [1.54, 1.807) is 36.7 Å². The van der Waals surface area contributed by atoms with Gasteiger partial charge in [-0.25, -0.2) is 4.79 Å². The molecule has 0 atom stereocenters. The molecule has 0 aliphatic rings. The van der Waals surface area contributed by atoms with Crippen molar-refractivity contribution in [1.82, 2.24) is 4.98 Å². The average molecular weight is 303 g/mol. The van der Waals surface area contributed by atoms with Crippen LogP contribution in [0.25, 0.3) is 11.0 Å². The molecule has 0 fully saturated rings. The molecule has 3 aromatic rings. The number of anilines is 2. The van der Waals surface area contributed by atoms with E-state index in [1.165, 1.54) is 7.11 Å². The molecule has 0 radical (unpaired) electrons. The highest BCUT2D eigenvalue weighted by molar-refractivity contribution is 6.31. The first-order valence-electron chi connectivity index (χ1n) is 6.16. The summed E-state index contributed by atoms with van der Waals surface area (Å²) in [6.07, 6.45) is 3.31. The standard InChI is InChI=1S/C15H11ClN2O3/c1-20-15(19)14-13(18-10-3-2-6-17-8-10)11-7-9(16)4-5-12(11)21-14/h2-8,18H,1H3. The van der Waals surface area contributed by atoms with E-state index in [9.17, 15) is 4.79 Å². The highest BCUT2D eigenvalue weighted by Crippen LogP contribution is 2.35. The number of esters is 1. The topological polar surface area (TPSA) is 64.4 Å². The number of nitrogens with one attached hydrogen (secondary N) is 1. The highest BCUT2D eigenvalue weighted by Gasteiger charge is 2.21. The van der Waals surface area contributed by atoms with Crippen molar-refractivity contribution in [2.45, 2.75) is 0 Å². The fourth-order valence-electron chi connectivity index (χ4n) is 2.01. The zero-order valence-corrected chi connectivity index (χ0v) is 11.8. The van der Waals surface area contributed by atoms with E-state index >= 15 is 0 Å². The number of furan rings is 1. The zero-order valence-electron chi connectivity index (χ0n) is 11.1. The number of aromatic nitrogens is 1. The van der Waals surface area contributed by atoms with Crippen LogP contribution in [-0.2, 0) is 4.74 Å². The molecule has 0 saturated heterocycles. The van der Waals surface area contributed by atoms with Crippen LogP contribution >= 0.6 is 11.6 Å². The number of methoxy groups -OCH3 is 1. The molecule has 1 N–H and O–H groups in total. The Balaban J connectivity index is 2.17. The number of fused-ring (bicyclic) bond motifs is 1. The molecule has 106 valence electrons. The smallest absolute Gasteiger partial charge is 0.376 e. The van der Waals surface area contributed by atoms with E-state index in [2.05, 4.69) is 10.3 Å². The van der Waals surface area contributed by atoms with Gasteiger partial charge in [0.25, 0.3) is 0 Å². The van der Waals surface area contributed by atoms with Gasteiger partial charge in [0.15, 0.2) is 0 Å². The summed E-state index contributed by atoms with van der Waals surface area (Å²) < 4.78 is 10.3. The molecule has 0 amide bonds. The van der Waals surface area contributed by atoms with Crippen molar-refractivity contribution >= 4 is 39.9 Å². The summed E-state index contributed by atoms with van der Waals surface area (Å²) in [6.45, 7) is 0. The van der Waals surface area contributed by atoms with Gasteiger partial charge in [-0.1, -0.05) is 11.6 Å². The SMILES string of the molecule is COC(=O)c1oc2ccc(Cl)cc2c1Nc1cccnc1. The van der Waals surface area contributed by atoms with Gasteiger partial charge in [-0.2, -0.15) is 0 Å². The van der Waals surface area contributed by atoms with Gasteiger partial charge in [-0.3, -0.25) is 4.98 Å². The molecule has 0 aliphatic carbocycles. The lowest BCUT2D eigenvalue weighted by Gasteiger charge is -2.05. The molecule has 0 unspecified atom stereocenters.